The van der Waals surface area contributed by atoms with E-state index in [0.717, 1.165) is 44.6 Å². The van der Waals surface area contributed by atoms with Crippen LogP contribution in [0.1, 0.15) is 63.0 Å². The van der Waals surface area contributed by atoms with Crippen molar-refractivity contribution < 1.29 is 33.0 Å². The van der Waals surface area contributed by atoms with Crippen molar-refractivity contribution in [2.45, 2.75) is 46.3 Å². The van der Waals surface area contributed by atoms with E-state index in [1.54, 1.807) is 58.0 Å². The molecule has 2 aromatic heterocycles. The van der Waals surface area contributed by atoms with Gasteiger partial charge in [-0.05, 0) is 99.5 Å². The van der Waals surface area contributed by atoms with Gasteiger partial charge >= 0.3 is 0 Å². The van der Waals surface area contributed by atoms with Gasteiger partial charge in [0.2, 0.25) is 0 Å². The van der Waals surface area contributed by atoms with Crippen molar-refractivity contribution in [1.82, 2.24) is 14.5 Å². The summed E-state index contributed by atoms with van der Waals surface area (Å²) in [6, 6.07) is 56.0. The van der Waals surface area contributed by atoms with Crippen LogP contribution in [0.15, 0.2) is 170 Å². The van der Waals surface area contributed by atoms with E-state index in [4.69, 9.17) is 16.8 Å². The Morgan fingerprint density at radius 3 is 1.92 bits per heavy atom. The Hall–Kier alpha value is -6.35. The molecule has 298 valence electrons. The van der Waals surface area contributed by atoms with E-state index in [1.807, 2.05) is 102 Å². The van der Waals surface area contributed by atoms with Crippen LogP contribution in [0.25, 0.3) is 83.9 Å². The minimum absolute atomic E-state index is 0. The van der Waals surface area contributed by atoms with Gasteiger partial charge in [-0.25, -0.2) is 4.98 Å². The number of hydrogen-bond donors (Lipinski definition) is 1. The van der Waals surface area contributed by atoms with Gasteiger partial charge in [0.15, 0.2) is 0 Å². The average Bonchev–Trinajstić information content (AvgIpc) is 3.68. The van der Waals surface area contributed by atoms with Crippen molar-refractivity contribution in [1.29, 1.82) is 0 Å². The standard InChI is InChI=1S/C55H46N3O.Pt/c1-35(2)45-21-14-22-46(36(3)4)53(45)41-26-27-50(37(5)30-41)58-51-24-15-23-47(54(51)57-55(58)48-20-12-13-25-52(48)59)43-31-42(39-18-10-7-11-19-39)32-44(33-43)49-34-40(28-29-56-49)38-16-8-6-9-17-38;/h6-32,34-36,59H,1-5H3;/q-1;/i5D3,35D,36D;. The molecule has 0 radical (unpaired) electrons. The van der Waals surface area contributed by atoms with E-state index < -0.39 is 18.6 Å². The summed E-state index contributed by atoms with van der Waals surface area (Å²) in [4.78, 5) is 10.1. The first kappa shape index (κ1) is 34.5. The molecule has 0 saturated carbocycles. The molecule has 7 aromatic carbocycles. The molecular formula is C55H46N3OPt-. The number of phenolic OH excluding ortho intramolecular Hbond substituents is 1. The van der Waals surface area contributed by atoms with Crippen molar-refractivity contribution in [3.8, 4) is 78.6 Å². The summed E-state index contributed by atoms with van der Waals surface area (Å²) in [5, 5.41) is 11.4. The summed E-state index contributed by atoms with van der Waals surface area (Å²) >= 11 is 0. The molecule has 2 heterocycles. The number of fused-ring (bicyclic) bond motifs is 1. The Balaban J connectivity index is 0.00000576. The van der Waals surface area contributed by atoms with Gasteiger partial charge in [0, 0.05) is 39.8 Å². The predicted molar refractivity (Wildman–Crippen MR) is 245 cm³/mol. The third-order valence-corrected chi connectivity index (χ3v) is 10.9. The van der Waals surface area contributed by atoms with Crippen LogP contribution in [0.2, 0.25) is 0 Å². The fourth-order valence-corrected chi connectivity index (χ4v) is 8.03. The Labute approximate surface area is 374 Å². The average molecular weight is 965 g/mol. The summed E-state index contributed by atoms with van der Waals surface area (Å²) in [6.45, 7) is 4.59. The maximum atomic E-state index is 11.4. The number of aromatic nitrogens is 3. The number of pyridine rings is 1. The first-order chi connectivity index (χ1) is 30.6. The van der Waals surface area contributed by atoms with Gasteiger partial charge in [0.05, 0.1) is 22.3 Å². The Kier molecular flexibility index (Phi) is 9.83. The van der Waals surface area contributed by atoms with Crippen LogP contribution in [0.5, 0.6) is 5.75 Å². The third kappa shape index (κ3) is 7.64. The molecule has 0 bridgehead atoms. The number of para-hydroxylation sites is 2. The molecule has 9 rings (SSSR count). The molecule has 9 aromatic rings. The number of imidazole rings is 1. The summed E-state index contributed by atoms with van der Waals surface area (Å²) in [5.74, 6) is -1.73. The normalized spacial score (nSPS) is 13.1. The molecule has 4 nitrogen and oxygen atoms in total. The monoisotopic (exact) mass is 964 g/mol. The van der Waals surface area contributed by atoms with Crippen LogP contribution in [0, 0.1) is 12.9 Å². The summed E-state index contributed by atoms with van der Waals surface area (Å²) in [7, 11) is 0. The first-order valence-corrected chi connectivity index (χ1v) is 19.8. The van der Waals surface area contributed by atoms with Gasteiger partial charge in [0.1, 0.15) is 11.6 Å². The zero-order valence-electron chi connectivity index (χ0n) is 38.8. The van der Waals surface area contributed by atoms with E-state index in [2.05, 4.69) is 48.5 Å². The Morgan fingerprint density at radius 2 is 1.23 bits per heavy atom. The van der Waals surface area contributed by atoms with Crippen LogP contribution < -0.4 is 0 Å². The predicted octanol–water partition coefficient (Wildman–Crippen LogP) is 14.5. The third-order valence-electron chi connectivity index (χ3n) is 10.9. The molecule has 0 aliphatic carbocycles. The number of hydrogen-bond acceptors (Lipinski definition) is 3. The molecule has 0 aliphatic rings. The number of nitrogens with zero attached hydrogens (tertiary/aromatic N) is 3. The molecule has 60 heavy (non-hydrogen) atoms. The maximum Gasteiger partial charge on any atom is 0.148 e. The number of aryl methyl sites for hydroxylation is 1. The molecule has 0 atom stereocenters. The SMILES string of the molecule is [2H]C([2H])([2H])c1cc(-c2c(C([2H])(C)C)cccc2C([2H])(C)C)ccc1-n1c(-c2ccccc2O)nc2c(-c3[c-]c(-c4cc(-c5ccccc5)ccn4)cc(-c4ccccc4)c3)cccc21.[Pt]. The van der Waals surface area contributed by atoms with Crippen molar-refractivity contribution in [2.75, 3.05) is 0 Å². The minimum Gasteiger partial charge on any atom is -0.507 e. The van der Waals surface area contributed by atoms with Crippen molar-refractivity contribution in [3.05, 3.63) is 193 Å². The van der Waals surface area contributed by atoms with Crippen LogP contribution in [-0.4, -0.2) is 19.6 Å². The number of benzene rings is 7. The second kappa shape index (κ2) is 17.1. The molecule has 0 spiro atoms. The Morgan fingerprint density at radius 1 is 0.600 bits per heavy atom. The van der Waals surface area contributed by atoms with Gasteiger partial charge in [-0.1, -0.05) is 160 Å². The van der Waals surface area contributed by atoms with E-state index in [1.165, 1.54) is 0 Å². The van der Waals surface area contributed by atoms with Gasteiger partial charge in [-0.3, -0.25) is 9.55 Å². The molecular weight excluding hydrogens is 914 g/mol. The van der Waals surface area contributed by atoms with Crippen LogP contribution in [0.3, 0.4) is 0 Å². The Bertz CT molecular complexity index is 3160. The quantitative estimate of drug-likeness (QED) is 0.147. The van der Waals surface area contributed by atoms with Crippen LogP contribution in [0.4, 0.5) is 0 Å². The van der Waals surface area contributed by atoms with E-state index in [9.17, 15) is 5.11 Å². The first-order valence-electron chi connectivity index (χ1n) is 22.3. The summed E-state index contributed by atoms with van der Waals surface area (Å²) in [6.07, 6.45) is 1.82. The summed E-state index contributed by atoms with van der Waals surface area (Å²) in [5.41, 5.74) is 11.8. The maximum absolute atomic E-state index is 11.4. The number of phenols is 1. The largest absolute Gasteiger partial charge is 0.507 e. The molecule has 0 aliphatic heterocycles. The van der Waals surface area contributed by atoms with Gasteiger partial charge in [-0.15, -0.1) is 23.8 Å². The topological polar surface area (TPSA) is 50.9 Å². The molecule has 0 fully saturated rings. The molecule has 0 saturated heterocycles. The molecule has 5 heteroatoms. The van der Waals surface area contributed by atoms with E-state index >= 15 is 0 Å². The summed E-state index contributed by atoms with van der Waals surface area (Å²) < 4.78 is 46.9. The zero-order chi connectivity index (χ0) is 45.0. The number of aromatic hydroxyl groups is 1. The van der Waals surface area contributed by atoms with Crippen molar-refractivity contribution >= 4 is 11.0 Å². The zero-order valence-corrected chi connectivity index (χ0v) is 36.0. The second-order valence-corrected chi connectivity index (χ2v) is 15.3. The van der Waals surface area contributed by atoms with Gasteiger partial charge in [-0.2, -0.15) is 0 Å². The van der Waals surface area contributed by atoms with E-state index in [-0.39, 0.29) is 32.4 Å². The van der Waals surface area contributed by atoms with Crippen molar-refractivity contribution in [2.24, 2.45) is 0 Å². The molecule has 0 unspecified atom stereocenters. The van der Waals surface area contributed by atoms with Crippen molar-refractivity contribution in [3.63, 3.8) is 0 Å². The van der Waals surface area contributed by atoms with Gasteiger partial charge in [0.25, 0.3) is 0 Å². The van der Waals surface area contributed by atoms with Crippen LogP contribution in [-0.2, 0) is 21.1 Å². The van der Waals surface area contributed by atoms with Crippen LogP contribution >= 0.6 is 0 Å². The second-order valence-electron chi connectivity index (χ2n) is 15.3. The molecule has 0 amide bonds. The smallest absolute Gasteiger partial charge is 0.148 e. The fourth-order valence-electron chi connectivity index (χ4n) is 8.03. The minimum atomic E-state index is -2.61. The molecule has 1 N–H and O–H groups in total. The number of rotatable bonds is 9. The van der Waals surface area contributed by atoms with E-state index in [0.29, 0.717) is 50.4 Å². The fraction of sp³-hybridized carbons (Fsp3) is 0.127. The van der Waals surface area contributed by atoms with Gasteiger partial charge < -0.3 is 5.11 Å².